The van der Waals surface area contributed by atoms with E-state index in [0.717, 1.165) is 4.47 Å². The monoisotopic (exact) mass is 456 g/mol. The van der Waals surface area contributed by atoms with Gasteiger partial charge in [0.05, 0.1) is 23.4 Å². The van der Waals surface area contributed by atoms with Crippen molar-refractivity contribution < 1.29 is 19.1 Å². The maximum absolute atomic E-state index is 13.5. The Morgan fingerprint density at radius 3 is 2.66 bits per heavy atom. The Kier molecular flexibility index (Phi) is 4.98. The van der Waals surface area contributed by atoms with Gasteiger partial charge in [-0.3, -0.25) is 9.59 Å². The predicted octanol–water partition coefficient (Wildman–Crippen LogP) is 3.96. The first-order valence-corrected chi connectivity index (χ1v) is 9.41. The van der Waals surface area contributed by atoms with E-state index in [0.29, 0.717) is 27.5 Å². The van der Waals surface area contributed by atoms with E-state index in [4.69, 9.17) is 0 Å². The molecule has 2 heterocycles. The number of hydrogen-bond donors (Lipinski definition) is 3. The smallest absolute Gasteiger partial charge is 0.305 e. The van der Waals surface area contributed by atoms with E-state index in [-0.39, 0.29) is 12.1 Å². The molecule has 29 heavy (non-hydrogen) atoms. The van der Waals surface area contributed by atoms with Gasteiger partial charge in [0.2, 0.25) is 0 Å². The number of carboxylic acid groups (broad SMARTS) is 1. The minimum Gasteiger partial charge on any atom is -0.481 e. The predicted molar refractivity (Wildman–Crippen MR) is 108 cm³/mol. The highest BCUT2D eigenvalue weighted by Crippen LogP contribution is 2.27. The first-order valence-electron chi connectivity index (χ1n) is 8.62. The fourth-order valence-electron chi connectivity index (χ4n) is 3.22. The molecule has 3 N–H and O–H groups in total. The number of aliphatic carboxylic acids is 1. The Bertz CT molecular complexity index is 1240. The number of rotatable bonds is 5. The van der Waals surface area contributed by atoms with Crippen molar-refractivity contribution >= 4 is 49.7 Å². The molecule has 2 aromatic carbocycles. The van der Waals surface area contributed by atoms with Crippen molar-refractivity contribution in [3.63, 3.8) is 0 Å². The molecule has 0 saturated heterocycles. The van der Waals surface area contributed by atoms with Gasteiger partial charge in [0.15, 0.2) is 0 Å². The summed E-state index contributed by atoms with van der Waals surface area (Å²) in [5.41, 5.74) is 1.62. The molecular weight excluding hydrogens is 443 g/mol. The summed E-state index contributed by atoms with van der Waals surface area (Å²) in [6, 6.07) is 10.4. The van der Waals surface area contributed by atoms with Crippen LogP contribution in [0.3, 0.4) is 0 Å². The highest BCUT2D eigenvalue weighted by atomic mass is 79.9. The number of benzene rings is 2. The summed E-state index contributed by atoms with van der Waals surface area (Å²) in [6.45, 7) is 0. The van der Waals surface area contributed by atoms with Crippen molar-refractivity contribution in [3.05, 3.63) is 70.3 Å². The number of hydrogen-bond acceptors (Lipinski definition) is 4. The van der Waals surface area contributed by atoms with Crippen LogP contribution in [0.25, 0.3) is 21.9 Å². The molecule has 0 aliphatic carbocycles. The normalized spacial score (nSPS) is 12.2. The molecule has 0 aliphatic heterocycles. The van der Waals surface area contributed by atoms with Gasteiger partial charge in [-0.15, -0.1) is 0 Å². The maximum Gasteiger partial charge on any atom is 0.305 e. The number of aromatic amines is 1. The van der Waals surface area contributed by atoms with Gasteiger partial charge in [-0.1, -0.05) is 28.1 Å². The Balaban J connectivity index is 1.74. The Hall–Kier alpha value is -3.33. The number of carbonyl (C=O) groups is 2. The Morgan fingerprint density at radius 2 is 1.93 bits per heavy atom. The number of carbonyl (C=O) groups excluding carboxylic acids is 1. The third kappa shape index (κ3) is 3.81. The third-order valence-corrected chi connectivity index (χ3v) is 5.05. The van der Waals surface area contributed by atoms with E-state index in [1.54, 1.807) is 30.3 Å². The third-order valence-electron chi connectivity index (χ3n) is 4.52. The fraction of sp³-hybridized carbons (Fsp3) is 0.100. The van der Waals surface area contributed by atoms with Crippen molar-refractivity contribution in [2.75, 3.05) is 0 Å². The van der Waals surface area contributed by atoms with Gasteiger partial charge in [0, 0.05) is 9.86 Å². The van der Waals surface area contributed by atoms with Gasteiger partial charge in [-0.25, -0.2) is 14.4 Å². The maximum atomic E-state index is 13.5. The summed E-state index contributed by atoms with van der Waals surface area (Å²) in [5.74, 6) is -2.01. The van der Waals surface area contributed by atoms with Crippen LogP contribution < -0.4 is 5.32 Å². The number of nitrogens with zero attached hydrogens (tertiary/aromatic N) is 2. The molecule has 0 spiro atoms. The summed E-state index contributed by atoms with van der Waals surface area (Å²) >= 11 is 3.33. The Morgan fingerprint density at radius 1 is 1.17 bits per heavy atom. The second-order valence-electron chi connectivity index (χ2n) is 6.44. The first kappa shape index (κ1) is 19.0. The second kappa shape index (κ2) is 7.59. The number of H-pyrrole nitrogens is 1. The topological polar surface area (TPSA) is 108 Å². The molecular formula is C20H14BrFN4O3. The zero-order valence-corrected chi connectivity index (χ0v) is 16.4. The van der Waals surface area contributed by atoms with Crippen molar-refractivity contribution in [1.29, 1.82) is 0 Å². The molecule has 1 amide bonds. The standard InChI is InChI=1S/C20H14BrFN4O3/c21-11-3-1-10(2-4-11)14(8-16(27)28)26-20(29)18-17-13-6-5-12(22)7-15(13)25-19(17)24-9-23-18/h1-7,9,14H,8H2,(H,26,29)(H,27,28)(H,23,24,25)/t14-/m1/s1. The molecule has 0 fully saturated rings. The summed E-state index contributed by atoms with van der Waals surface area (Å²) < 4.78 is 14.4. The van der Waals surface area contributed by atoms with E-state index >= 15 is 0 Å². The minimum absolute atomic E-state index is 0.0837. The number of fused-ring (bicyclic) bond motifs is 3. The number of amides is 1. The van der Waals surface area contributed by atoms with Crippen LogP contribution in [0.1, 0.15) is 28.5 Å². The lowest BCUT2D eigenvalue weighted by Gasteiger charge is -2.17. The van der Waals surface area contributed by atoms with Crippen molar-refractivity contribution in [2.45, 2.75) is 12.5 Å². The van der Waals surface area contributed by atoms with Gasteiger partial charge in [-0.05, 0) is 35.9 Å². The molecule has 9 heteroatoms. The summed E-state index contributed by atoms with van der Waals surface area (Å²) in [5, 5.41) is 13.1. The summed E-state index contributed by atoms with van der Waals surface area (Å²) in [6.07, 6.45) is 0.940. The lowest BCUT2D eigenvalue weighted by molar-refractivity contribution is -0.137. The second-order valence-corrected chi connectivity index (χ2v) is 7.35. The van der Waals surface area contributed by atoms with E-state index < -0.39 is 23.7 Å². The molecule has 1 atom stereocenters. The van der Waals surface area contributed by atoms with Crippen LogP contribution in [-0.4, -0.2) is 31.9 Å². The van der Waals surface area contributed by atoms with Crippen LogP contribution in [0.15, 0.2) is 53.3 Å². The summed E-state index contributed by atoms with van der Waals surface area (Å²) in [7, 11) is 0. The molecule has 2 aromatic heterocycles. The van der Waals surface area contributed by atoms with Crippen molar-refractivity contribution in [3.8, 4) is 0 Å². The van der Waals surface area contributed by atoms with Crippen LogP contribution in [0.5, 0.6) is 0 Å². The van der Waals surface area contributed by atoms with E-state index in [1.165, 1.54) is 18.5 Å². The number of halogens is 2. The molecule has 0 aliphatic rings. The number of aromatic nitrogens is 3. The van der Waals surface area contributed by atoms with Gasteiger partial charge < -0.3 is 15.4 Å². The van der Waals surface area contributed by atoms with Crippen molar-refractivity contribution in [2.24, 2.45) is 0 Å². The van der Waals surface area contributed by atoms with Crippen molar-refractivity contribution in [1.82, 2.24) is 20.3 Å². The van der Waals surface area contributed by atoms with Crippen LogP contribution >= 0.6 is 15.9 Å². The van der Waals surface area contributed by atoms with Crippen LogP contribution in [0.4, 0.5) is 4.39 Å². The molecule has 0 saturated carbocycles. The molecule has 146 valence electrons. The largest absolute Gasteiger partial charge is 0.481 e. The first-order chi connectivity index (χ1) is 13.9. The van der Waals surface area contributed by atoms with Crippen LogP contribution in [0.2, 0.25) is 0 Å². The molecule has 0 unspecified atom stereocenters. The van der Waals surface area contributed by atoms with Gasteiger partial charge >= 0.3 is 5.97 Å². The summed E-state index contributed by atoms with van der Waals surface area (Å²) in [4.78, 5) is 35.5. The van der Waals surface area contributed by atoms with E-state index in [2.05, 4.69) is 36.2 Å². The zero-order valence-electron chi connectivity index (χ0n) is 14.8. The van der Waals surface area contributed by atoms with Crippen LogP contribution in [0, 0.1) is 5.82 Å². The molecule has 4 aromatic rings. The Labute approximate surface area is 172 Å². The molecule has 7 nitrogen and oxygen atoms in total. The zero-order chi connectivity index (χ0) is 20.5. The number of carboxylic acids is 1. The van der Waals surface area contributed by atoms with Gasteiger partial charge in [0.25, 0.3) is 5.91 Å². The average molecular weight is 457 g/mol. The fourth-order valence-corrected chi connectivity index (χ4v) is 3.49. The van der Waals surface area contributed by atoms with Crippen LogP contribution in [-0.2, 0) is 4.79 Å². The molecule has 4 rings (SSSR count). The van der Waals surface area contributed by atoms with E-state index in [9.17, 15) is 19.1 Å². The molecule has 0 bridgehead atoms. The minimum atomic E-state index is -1.05. The lowest BCUT2D eigenvalue weighted by Crippen LogP contribution is -2.31. The van der Waals surface area contributed by atoms with Gasteiger partial charge in [0.1, 0.15) is 23.5 Å². The SMILES string of the molecule is O=C(O)C[C@@H](NC(=O)c1ncnc2[nH]c3cc(F)ccc3c12)c1ccc(Br)cc1. The van der Waals surface area contributed by atoms with E-state index in [1.807, 2.05) is 0 Å². The molecule has 0 radical (unpaired) electrons. The quantitative estimate of drug-likeness (QED) is 0.421. The lowest BCUT2D eigenvalue weighted by atomic mass is 10.0. The average Bonchev–Trinajstić information content (AvgIpc) is 3.05. The highest BCUT2D eigenvalue weighted by Gasteiger charge is 2.23. The number of nitrogens with one attached hydrogen (secondary N) is 2. The highest BCUT2D eigenvalue weighted by molar-refractivity contribution is 9.10. The van der Waals surface area contributed by atoms with Gasteiger partial charge in [-0.2, -0.15) is 0 Å².